The van der Waals surface area contributed by atoms with Crippen molar-refractivity contribution in [1.82, 2.24) is 19.6 Å². The zero-order valence-electron chi connectivity index (χ0n) is 18.5. The van der Waals surface area contributed by atoms with Crippen LogP contribution in [0.1, 0.15) is 39.0 Å². The summed E-state index contributed by atoms with van der Waals surface area (Å²) in [6.07, 6.45) is 5.28. The van der Waals surface area contributed by atoms with Gasteiger partial charge in [-0.2, -0.15) is 0 Å². The first-order valence-electron chi connectivity index (χ1n) is 11.5. The van der Waals surface area contributed by atoms with E-state index in [0.29, 0.717) is 12.5 Å². The Hall–Kier alpha value is -1.34. The fraction of sp³-hybridized carbons (Fsp3) is 0.909. The number of hydrogen-bond acceptors (Lipinski definition) is 4. The minimum Gasteiger partial charge on any atom is -0.381 e. The monoisotopic (exact) mass is 406 g/mol. The highest BCUT2D eigenvalue weighted by Crippen LogP contribution is 2.58. The number of hydrogen-bond donors (Lipinski definition) is 0. The van der Waals surface area contributed by atoms with Crippen LogP contribution in [-0.4, -0.2) is 105 Å². The molecule has 0 aliphatic carbocycles. The van der Waals surface area contributed by atoms with Crippen molar-refractivity contribution in [2.24, 2.45) is 16.7 Å². The molecule has 4 fully saturated rings. The SMILES string of the molecule is CCN1CC[C@]2(CN(C(=O)N(C)C)CC23CCN(CC2CCOCC2)CC3)C1=O. The largest absolute Gasteiger partial charge is 0.381 e. The van der Waals surface area contributed by atoms with E-state index in [9.17, 15) is 9.59 Å². The third-order valence-corrected chi connectivity index (χ3v) is 8.18. The van der Waals surface area contributed by atoms with Crippen LogP contribution in [0.5, 0.6) is 0 Å². The molecule has 4 saturated heterocycles. The number of likely N-dealkylation sites (tertiary alicyclic amines) is 3. The average molecular weight is 407 g/mol. The number of carbonyl (C=O) groups is 2. The average Bonchev–Trinajstić information content (AvgIpc) is 3.22. The number of ether oxygens (including phenoxy) is 1. The summed E-state index contributed by atoms with van der Waals surface area (Å²) < 4.78 is 5.51. The Bertz CT molecular complexity index is 626. The summed E-state index contributed by atoms with van der Waals surface area (Å²) in [5.74, 6) is 1.04. The predicted octanol–water partition coefficient (Wildman–Crippen LogP) is 1.73. The van der Waals surface area contributed by atoms with Gasteiger partial charge in [-0.1, -0.05) is 0 Å². The van der Waals surface area contributed by atoms with E-state index in [-0.39, 0.29) is 16.9 Å². The molecule has 0 unspecified atom stereocenters. The highest BCUT2D eigenvalue weighted by atomic mass is 16.5. The quantitative estimate of drug-likeness (QED) is 0.716. The van der Waals surface area contributed by atoms with E-state index in [2.05, 4.69) is 11.8 Å². The van der Waals surface area contributed by atoms with Gasteiger partial charge in [0.1, 0.15) is 0 Å². The summed E-state index contributed by atoms with van der Waals surface area (Å²) in [6.45, 7) is 10.0. The Morgan fingerprint density at radius 2 is 1.79 bits per heavy atom. The molecule has 4 aliphatic rings. The van der Waals surface area contributed by atoms with Crippen LogP contribution in [-0.2, 0) is 9.53 Å². The maximum Gasteiger partial charge on any atom is 0.319 e. The molecule has 0 aromatic carbocycles. The molecule has 2 spiro atoms. The summed E-state index contributed by atoms with van der Waals surface area (Å²) in [5.41, 5.74) is -0.439. The van der Waals surface area contributed by atoms with E-state index < -0.39 is 0 Å². The molecule has 4 aliphatic heterocycles. The van der Waals surface area contributed by atoms with Crippen LogP contribution in [0.2, 0.25) is 0 Å². The molecular formula is C22H38N4O3. The van der Waals surface area contributed by atoms with E-state index in [1.807, 2.05) is 23.9 Å². The van der Waals surface area contributed by atoms with Gasteiger partial charge in [0.15, 0.2) is 0 Å². The molecule has 29 heavy (non-hydrogen) atoms. The van der Waals surface area contributed by atoms with E-state index >= 15 is 0 Å². The fourth-order valence-corrected chi connectivity index (χ4v) is 6.36. The highest BCUT2D eigenvalue weighted by Gasteiger charge is 2.65. The van der Waals surface area contributed by atoms with Gasteiger partial charge in [-0.15, -0.1) is 0 Å². The first kappa shape index (κ1) is 20.9. The van der Waals surface area contributed by atoms with Gasteiger partial charge in [0.25, 0.3) is 0 Å². The van der Waals surface area contributed by atoms with Crippen LogP contribution in [0.25, 0.3) is 0 Å². The van der Waals surface area contributed by atoms with Crippen molar-refractivity contribution in [2.45, 2.75) is 39.0 Å². The second-order valence-corrected chi connectivity index (χ2v) is 9.89. The predicted molar refractivity (Wildman–Crippen MR) is 112 cm³/mol. The molecule has 4 rings (SSSR count). The highest BCUT2D eigenvalue weighted by molar-refractivity contribution is 5.88. The molecule has 0 aromatic rings. The minimum atomic E-state index is -0.376. The first-order chi connectivity index (χ1) is 13.9. The van der Waals surface area contributed by atoms with E-state index in [1.54, 1.807) is 4.90 Å². The Morgan fingerprint density at radius 3 is 2.38 bits per heavy atom. The van der Waals surface area contributed by atoms with Gasteiger partial charge in [0, 0.05) is 65.4 Å². The molecular weight excluding hydrogens is 368 g/mol. The van der Waals surface area contributed by atoms with Gasteiger partial charge in [-0.25, -0.2) is 4.79 Å². The van der Waals surface area contributed by atoms with Crippen molar-refractivity contribution in [3.8, 4) is 0 Å². The van der Waals surface area contributed by atoms with Gasteiger partial charge in [0.05, 0.1) is 5.41 Å². The summed E-state index contributed by atoms with van der Waals surface area (Å²) in [7, 11) is 3.62. The van der Waals surface area contributed by atoms with Crippen LogP contribution in [0, 0.1) is 16.7 Å². The smallest absolute Gasteiger partial charge is 0.319 e. The third-order valence-electron chi connectivity index (χ3n) is 8.18. The molecule has 0 saturated carbocycles. The summed E-state index contributed by atoms with van der Waals surface area (Å²) >= 11 is 0. The molecule has 164 valence electrons. The summed E-state index contributed by atoms with van der Waals surface area (Å²) in [6, 6.07) is 0.0497. The molecule has 7 nitrogen and oxygen atoms in total. The van der Waals surface area contributed by atoms with Crippen molar-refractivity contribution in [1.29, 1.82) is 0 Å². The van der Waals surface area contributed by atoms with Crippen molar-refractivity contribution < 1.29 is 14.3 Å². The lowest BCUT2D eigenvalue weighted by Crippen LogP contribution is -2.53. The van der Waals surface area contributed by atoms with Crippen LogP contribution in [0.3, 0.4) is 0 Å². The van der Waals surface area contributed by atoms with Gasteiger partial charge >= 0.3 is 6.03 Å². The standard InChI is InChI=1S/C22H38N4O3/c1-4-25-12-9-22(19(25)27)17-26(20(28)23(2)3)16-21(22)7-10-24(11-8-21)15-18-5-13-29-14-6-18/h18H,4-17H2,1-3H3/t22-/m0/s1. The van der Waals surface area contributed by atoms with Crippen molar-refractivity contribution in [3.05, 3.63) is 0 Å². The maximum absolute atomic E-state index is 13.5. The Kier molecular flexibility index (Phi) is 5.81. The summed E-state index contributed by atoms with van der Waals surface area (Å²) in [5, 5.41) is 0. The minimum absolute atomic E-state index is 0.0497. The maximum atomic E-state index is 13.5. The topological polar surface area (TPSA) is 56.3 Å². The Labute approximate surface area is 175 Å². The lowest BCUT2D eigenvalue weighted by Gasteiger charge is -2.47. The normalized spacial score (nSPS) is 30.7. The molecule has 4 heterocycles. The van der Waals surface area contributed by atoms with Crippen LogP contribution >= 0.6 is 0 Å². The zero-order valence-corrected chi connectivity index (χ0v) is 18.5. The number of rotatable bonds is 3. The summed E-state index contributed by atoms with van der Waals surface area (Å²) in [4.78, 5) is 34.6. The molecule has 3 amide bonds. The van der Waals surface area contributed by atoms with Gasteiger partial charge < -0.3 is 24.3 Å². The molecule has 7 heteroatoms. The van der Waals surface area contributed by atoms with Gasteiger partial charge in [-0.05, 0) is 58.0 Å². The van der Waals surface area contributed by atoms with E-state index in [1.165, 1.54) is 12.8 Å². The van der Waals surface area contributed by atoms with Crippen molar-refractivity contribution >= 4 is 11.9 Å². The molecule has 0 bridgehead atoms. The van der Waals surface area contributed by atoms with Crippen LogP contribution in [0.15, 0.2) is 0 Å². The fourth-order valence-electron chi connectivity index (χ4n) is 6.36. The zero-order chi connectivity index (χ0) is 20.6. The number of fused-ring (bicyclic) bond motifs is 1. The van der Waals surface area contributed by atoms with E-state index in [4.69, 9.17) is 4.74 Å². The lowest BCUT2D eigenvalue weighted by atomic mass is 9.60. The second-order valence-electron chi connectivity index (χ2n) is 9.89. The van der Waals surface area contributed by atoms with Crippen molar-refractivity contribution in [3.63, 3.8) is 0 Å². The van der Waals surface area contributed by atoms with E-state index in [0.717, 1.165) is 77.7 Å². The van der Waals surface area contributed by atoms with Crippen LogP contribution in [0.4, 0.5) is 4.79 Å². The van der Waals surface area contributed by atoms with Crippen molar-refractivity contribution in [2.75, 3.05) is 73.1 Å². The molecule has 0 N–H and O–H groups in total. The Morgan fingerprint density at radius 1 is 1.10 bits per heavy atom. The van der Waals surface area contributed by atoms with Gasteiger partial charge in [0.2, 0.25) is 5.91 Å². The second kappa shape index (κ2) is 8.06. The van der Waals surface area contributed by atoms with Crippen LogP contribution < -0.4 is 0 Å². The molecule has 1 atom stereocenters. The third kappa shape index (κ3) is 3.54. The first-order valence-corrected chi connectivity index (χ1v) is 11.5. The molecule has 0 radical (unpaired) electrons. The Balaban J connectivity index is 1.50. The van der Waals surface area contributed by atoms with Gasteiger partial charge in [-0.3, -0.25) is 4.79 Å². The lowest BCUT2D eigenvalue weighted by molar-refractivity contribution is -0.142. The number of amides is 3. The number of carbonyl (C=O) groups excluding carboxylic acids is 2. The molecule has 0 aromatic heterocycles. The number of piperidine rings is 1. The number of urea groups is 1. The number of nitrogens with zero attached hydrogens (tertiary/aromatic N) is 4.